The summed E-state index contributed by atoms with van der Waals surface area (Å²) < 4.78 is 6.08. The Labute approximate surface area is 105 Å². The number of hydrazine groups is 1. The van der Waals surface area contributed by atoms with Crippen molar-refractivity contribution < 1.29 is 9.22 Å². The van der Waals surface area contributed by atoms with Crippen LogP contribution in [0, 0.1) is 11.8 Å². The average molecular weight is 258 g/mol. The quantitative estimate of drug-likeness (QED) is 0.343. The summed E-state index contributed by atoms with van der Waals surface area (Å²) in [6.07, 6.45) is 1.94. The van der Waals surface area contributed by atoms with Crippen molar-refractivity contribution >= 4 is 14.2 Å². The first-order valence-corrected chi connectivity index (χ1v) is 9.24. The zero-order valence-corrected chi connectivity index (χ0v) is 12.7. The van der Waals surface area contributed by atoms with Crippen molar-refractivity contribution in [1.82, 2.24) is 5.43 Å². The van der Waals surface area contributed by atoms with Gasteiger partial charge in [-0.25, -0.2) is 5.84 Å². The minimum atomic E-state index is -1.63. The Kier molecular flexibility index (Phi) is 4.38. The number of nitrogens with two attached hydrogens (primary N) is 1. The molecule has 1 fully saturated rings. The molecule has 2 atom stereocenters. The summed E-state index contributed by atoms with van der Waals surface area (Å²) in [5, 5.41) is 0.255. The van der Waals surface area contributed by atoms with Gasteiger partial charge in [-0.2, -0.15) is 0 Å². The van der Waals surface area contributed by atoms with Crippen LogP contribution >= 0.6 is 0 Å². The van der Waals surface area contributed by atoms with Crippen molar-refractivity contribution in [3.8, 4) is 0 Å². The second-order valence-corrected chi connectivity index (χ2v) is 11.3. The molecular formula is C12H26N2O2Si. The van der Waals surface area contributed by atoms with Gasteiger partial charge in [0.15, 0.2) is 8.32 Å². The molecule has 5 heteroatoms. The Morgan fingerprint density at radius 1 is 1.47 bits per heavy atom. The molecule has 1 amide bonds. The lowest BCUT2D eigenvalue weighted by Gasteiger charge is -2.36. The van der Waals surface area contributed by atoms with Gasteiger partial charge < -0.3 is 4.43 Å². The van der Waals surface area contributed by atoms with E-state index in [9.17, 15) is 4.79 Å². The molecule has 0 spiro atoms. The van der Waals surface area contributed by atoms with Crippen LogP contribution in [0.1, 0.15) is 33.6 Å². The smallest absolute Gasteiger partial charge is 0.237 e. The summed E-state index contributed by atoms with van der Waals surface area (Å²) in [6.45, 7) is 12.0. The van der Waals surface area contributed by atoms with E-state index in [0.717, 1.165) is 19.4 Å². The van der Waals surface area contributed by atoms with Gasteiger partial charge in [0.25, 0.3) is 0 Å². The summed E-state index contributed by atoms with van der Waals surface area (Å²) in [5.74, 6) is 5.68. The van der Waals surface area contributed by atoms with Gasteiger partial charge >= 0.3 is 0 Å². The number of amides is 1. The molecule has 0 aliphatic heterocycles. The lowest BCUT2D eigenvalue weighted by Crippen LogP contribution is -2.41. The Bertz CT molecular complexity index is 287. The van der Waals surface area contributed by atoms with Crippen LogP contribution in [-0.2, 0) is 9.22 Å². The largest absolute Gasteiger partial charge is 0.417 e. The Hall–Kier alpha value is -0.393. The number of hydrogen-bond acceptors (Lipinski definition) is 3. The molecule has 1 saturated carbocycles. The van der Waals surface area contributed by atoms with Crippen LogP contribution in [0.5, 0.6) is 0 Å². The van der Waals surface area contributed by atoms with Crippen LogP contribution in [0.3, 0.4) is 0 Å². The number of hydrogen-bond donors (Lipinski definition) is 2. The molecule has 0 aromatic carbocycles. The first kappa shape index (κ1) is 14.7. The monoisotopic (exact) mass is 258 g/mol. The van der Waals surface area contributed by atoms with Crippen molar-refractivity contribution in [1.29, 1.82) is 0 Å². The van der Waals surface area contributed by atoms with Gasteiger partial charge in [0, 0.05) is 12.5 Å². The van der Waals surface area contributed by atoms with Crippen LogP contribution < -0.4 is 11.3 Å². The fraction of sp³-hybridized carbons (Fsp3) is 0.917. The molecule has 4 nitrogen and oxygen atoms in total. The summed E-state index contributed by atoms with van der Waals surface area (Å²) in [7, 11) is -1.63. The van der Waals surface area contributed by atoms with E-state index in [0.29, 0.717) is 5.92 Å². The van der Waals surface area contributed by atoms with Gasteiger partial charge in [0.2, 0.25) is 5.91 Å². The third-order valence-corrected chi connectivity index (χ3v) is 8.70. The fourth-order valence-corrected chi connectivity index (χ4v) is 2.74. The first-order chi connectivity index (χ1) is 7.69. The molecule has 0 aromatic heterocycles. The van der Waals surface area contributed by atoms with Gasteiger partial charge in [-0.3, -0.25) is 10.2 Å². The van der Waals surface area contributed by atoms with E-state index in [1.807, 2.05) is 0 Å². The first-order valence-electron chi connectivity index (χ1n) is 6.33. The van der Waals surface area contributed by atoms with Crippen LogP contribution in [0.15, 0.2) is 0 Å². The lowest BCUT2D eigenvalue weighted by molar-refractivity contribution is -0.122. The molecule has 0 heterocycles. The standard InChI is InChI=1S/C12H26N2O2Si/c1-12(2,3)17(4,5)16-7-6-9-8-10(9)11(15)14-13/h9-10H,6-8,13H2,1-5H3,(H,14,15). The van der Waals surface area contributed by atoms with E-state index in [4.69, 9.17) is 10.3 Å². The van der Waals surface area contributed by atoms with Gasteiger partial charge in [0.1, 0.15) is 0 Å². The Balaban J connectivity index is 2.24. The zero-order chi connectivity index (χ0) is 13.3. The van der Waals surface area contributed by atoms with E-state index < -0.39 is 8.32 Å². The highest BCUT2D eigenvalue weighted by Crippen LogP contribution is 2.42. The third kappa shape index (κ3) is 3.79. The van der Waals surface area contributed by atoms with Crippen LogP contribution in [0.4, 0.5) is 0 Å². The highest BCUT2D eigenvalue weighted by atomic mass is 28.4. The summed E-state index contributed by atoms with van der Waals surface area (Å²) in [6, 6.07) is 0. The zero-order valence-electron chi connectivity index (χ0n) is 11.7. The molecule has 1 aliphatic rings. The number of carbonyl (C=O) groups excluding carboxylic acids is 1. The van der Waals surface area contributed by atoms with Gasteiger partial charge in [-0.05, 0) is 36.9 Å². The maximum Gasteiger partial charge on any atom is 0.237 e. The molecule has 0 bridgehead atoms. The molecule has 17 heavy (non-hydrogen) atoms. The van der Waals surface area contributed by atoms with Crippen LogP contribution in [-0.4, -0.2) is 20.8 Å². The van der Waals surface area contributed by atoms with E-state index in [1.165, 1.54) is 0 Å². The van der Waals surface area contributed by atoms with Crippen molar-refractivity contribution in [2.75, 3.05) is 6.61 Å². The number of carbonyl (C=O) groups is 1. The normalized spacial score (nSPS) is 24.6. The molecule has 0 aromatic rings. The molecule has 3 N–H and O–H groups in total. The second kappa shape index (κ2) is 5.08. The summed E-state index contributed by atoms with van der Waals surface area (Å²) in [4.78, 5) is 11.2. The van der Waals surface area contributed by atoms with Gasteiger partial charge in [0.05, 0.1) is 0 Å². The van der Waals surface area contributed by atoms with E-state index in [2.05, 4.69) is 39.3 Å². The maximum absolute atomic E-state index is 11.2. The maximum atomic E-state index is 11.2. The number of nitrogens with one attached hydrogen (secondary N) is 1. The fourth-order valence-electron chi connectivity index (χ4n) is 1.68. The van der Waals surface area contributed by atoms with E-state index in [1.54, 1.807) is 0 Å². The molecule has 1 rings (SSSR count). The van der Waals surface area contributed by atoms with Crippen molar-refractivity contribution in [3.05, 3.63) is 0 Å². The van der Waals surface area contributed by atoms with Crippen molar-refractivity contribution in [3.63, 3.8) is 0 Å². The highest BCUT2D eigenvalue weighted by Gasteiger charge is 2.43. The molecule has 1 aliphatic carbocycles. The minimum absolute atomic E-state index is 0.0256. The SMILES string of the molecule is CC(C)(C)[Si](C)(C)OCCC1CC1C(=O)NN. The van der Waals surface area contributed by atoms with Crippen molar-refractivity contribution in [2.45, 2.75) is 51.7 Å². The highest BCUT2D eigenvalue weighted by molar-refractivity contribution is 6.74. The Morgan fingerprint density at radius 2 is 2.06 bits per heavy atom. The molecule has 2 unspecified atom stereocenters. The molecule has 100 valence electrons. The number of rotatable bonds is 5. The second-order valence-electron chi connectivity index (χ2n) is 6.51. The van der Waals surface area contributed by atoms with Crippen molar-refractivity contribution in [2.24, 2.45) is 17.7 Å². The molecule has 0 radical (unpaired) electrons. The van der Waals surface area contributed by atoms with Crippen LogP contribution in [0.25, 0.3) is 0 Å². The van der Waals surface area contributed by atoms with Gasteiger partial charge in [-0.1, -0.05) is 20.8 Å². The predicted octanol–water partition coefficient (Wildman–Crippen LogP) is 2.02. The van der Waals surface area contributed by atoms with Crippen LogP contribution in [0.2, 0.25) is 18.1 Å². The molecule has 0 saturated heterocycles. The topological polar surface area (TPSA) is 64.3 Å². The summed E-state index contributed by atoms with van der Waals surface area (Å²) in [5.41, 5.74) is 2.22. The lowest BCUT2D eigenvalue weighted by atomic mass is 10.2. The van der Waals surface area contributed by atoms with E-state index in [-0.39, 0.29) is 16.9 Å². The summed E-state index contributed by atoms with van der Waals surface area (Å²) >= 11 is 0. The van der Waals surface area contributed by atoms with Gasteiger partial charge in [-0.15, -0.1) is 0 Å². The predicted molar refractivity (Wildman–Crippen MR) is 71.7 cm³/mol. The van der Waals surface area contributed by atoms with E-state index >= 15 is 0 Å². The minimum Gasteiger partial charge on any atom is -0.417 e. The average Bonchev–Trinajstić information content (AvgIpc) is 2.94. The third-order valence-electron chi connectivity index (χ3n) is 4.16. The Morgan fingerprint density at radius 3 is 2.53 bits per heavy atom. The molecular weight excluding hydrogens is 232 g/mol.